The molecule has 0 spiro atoms. The van der Waals surface area contributed by atoms with E-state index < -0.39 is 11.6 Å². The molecule has 1 saturated carbocycles. The highest BCUT2D eigenvalue weighted by Crippen LogP contribution is 2.40. The van der Waals surface area contributed by atoms with Gasteiger partial charge >= 0.3 is 5.97 Å². The molecule has 8 nitrogen and oxygen atoms in total. The predicted octanol–water partition coefficient (Wildman–Crippen LogP) is 4.12. The van der Waals surface area contributed by atoms with E-state index in [4.69, 9.17) is 0 Å². The maximum atomic E-state index is 11.3. The molecule has 168 valence electrons. The van der Waals surface area contributed by atoms with E-state index in [0.29, 0.717) is 37.3 Å². The summed E-state index contributed by atoms with van der Waals surface area (Å²) in [5, 5.41) is 23.8. The first-order valence-electron chi connectivity index (χ1n) is 10.9. The number of nitrogens with zero attached hydrogens (tertiary/aromatic N) is 4. The molecule has 0 radical (unpaired) electrons. The van der Waals surface area contributed by atoms with Crippen LogP contribution >= 0.6 is 0 Å². The molecule has 3 aromatic rings. The van der Waals surface area contributed by atoms with Crippen molar-refractivity contribution in [1.29, 1.82) is 0 Å². The zero-order valence-electron chi connectivity index (χ0n) is 18.6. The van der Waals surface area contributed by atoms with Crippen LogP contribution in [0.5, 0.6) is 0 Å². The SMILES string of the molecule is Cc1cc(Nc2nccc(C)n2)cc(-n2cnc(C(C)(O)[C@H]3CC[C@H](C(=O)O)CC3)c2)c1. The Hall–Kier alpha value is -3.26. The number of hydrogen-bond acceptors (Lipinski definition) is 6. The minimum Gasteiger partial charge on any atom is -0.481 e. The van der Waals surface area contributed by atoms with Crippen LogP contribution in [0.15, 0.2) is 43.0 Å². The third-order valence-corrected chi connectivity index (χ3v) is 6.38. The highest BCUT2D eigenvalue weighted by molar-refractivity contribution is 5.70. The first-order valence-corrected chi connectivity index (χ1v) is 10.9. The van der Waals surface area contributed by atoms with Crippen molar-refractivity contribution >= 4 is 17.6 Å². The van der Waals surface area contributed by atoms with Crippen molar-refractivity contribution in [3.8, 4) is 5.69 Å². The summed E-state index contributed by atoms with van der Waals surface area (Å²) in [5.41, 5.74) is 3.19. The molecule has 2 heterocycles. The number of imidazole rings is 1. The van der Waals surface area contributed by atoms with E-state index in [2.05, 4.69) is 20.3 Å². The molecule has 3 N–H and O–H groups in total. The summed E-state index contributed by atoms with van der Waals surface area (Å²) in [4.78, 5) is 24.4. The number of aryl methyl sites for hydroxylation is 2. The smallest absolute Gasteiger partial charge is 0.306 e. The minimum atomic E-state index is -1.12. The normalized spacial score (nSPS) is 20.5. The molecule has 4 rings (SSSR count). The van der Waals surface area contributed by atoms with Gasteiger partial charge in [-0.15, -0.1) is 0 Å². The maximum Gasteiger partial charge on any atom is 0.306 e. The van der Waals surface area contributed by atoms with Crippen molar-refractivity contribution in [2.24, 2.45) is 11.8 Å². The Morgan fingerprint density at radius 3 is 2.59 bits per heavy atom. The number of aliphatic carboxylic acids is 1. The van der Waals surface area contributed by atoms with Crippen molar-refractivity contribution in [1.82, 2.24) is 19.5 Å². The highest BCUT2D eigenvalue weighted by Gasteiger charge is 2.39. The Bertz CT molecular complexity index is 1120. The third kappa shape index (κ3) is 4.65. The number of aliphatic hydroxyl groups is 1. The molecule has 1 aromatic carbocycles. The van der Waals surface area contributed by atoms with E-state index in [1.165, 1.54) is 0 Å². The second kappa shape index (κ2) is 8.70. The zero-order chi connectivity index (χ0) is 22.9. The second-order valence-corrected chi connectivity index (χ2v) is 8.90. The fourth-order valence-corrected chi connectivity index (χ4v) is 4.46. The first kappa shape index (κ1) is 22.0. The highest BCUT2D eigenvalue weighted by atomic mass is 16.4. The molecule has 1 aliphatic rings. The van der Waals surface area contributed by atoms with Gasteiger partial charge in [0.25, 0.3) is 0 Å². The number of anilines is 2. The van der Waals surface area contributed by atoms with Gasteiger partial charge in [-0.3, -0.25) is 4.79 Å². The number of rotatable bonds is 6. The Morgan fingerprint density at radius 1 is 1.16 bits per heavy atom. The number of nitrogens with one attached hydrogen (secondary N) is 1. The lowest BCUT2D eigenvalue weighted by atomic mass is 9.73. The Balaban J connectivity index is 1.54. The molecule has 0 bridgehead atoms. The summed E-state index contributed by atoms with van der Waals surface area (Å²) >= 11 is 0. The molecule has 1 unspecified atom stereocenters. The van der Waals surface area contributed by atoms with Gasteiger partial charge in [-0.25, -0.2) is 15.0 Å². The molecule has 1 fully saturated rings. The Labute approximate surface area is 187 Å². The fraction of sp³-hybridized carbons (Fsp3) is 0.417. The van der Waals surface area contributed by atoms with Crippen LogP contribution in [0.3, 0.4) is 0 Å². The van der Waals surface area contributed by atoms with Crippen molar-refractivity contribution in [3.63, 3.8) is 0 Å². The van der Waals surface area contributed by atoms with Gasteiger partial charge in [0.1, 0.15) is 5.60 Å². The Kier molecular flexibility index (Phi) is 5.97. The fourth-order valence-electron chi connectivity index (χ4n) is 4.46. The molecule has 1 atom stereocenters. The van der Waals surface area contributed by atoms with Gasteiger partial charge in [0.2, 0.25) is 5.95 Å². The van der Waals surface area contributed by atoms with Gasteiger partial charge in [-0.05, 0) is 82.2 Å². The van der Waals surface area contributed by atoms with Crippen molar-refractivity contribution in [3.05, 3.63) is 59.9 Å². The number of hydrogen-bond donors (Lipinski definition) is 3. The van der Waals surface area contributed by atoms with Crippen molar-refractivity contribution < 1.29 is 15.0 Å². The average molecular weight is 436 g/mol. The van der Waals surface area contributed by atoms with Gasteiger partial charge in [-0.1, -0.05) is 0 Å². The van der Waals surface area contributed by atoms with Crippen LogP contribution in [0.1, 0.15) is 49.6 Å². The Morgan fingerprint density at radius 2 is 1.91 bits per heavy atom. The zero-order valence-corrected chi connectivity index (χ0v) is 18.6. The van der Waals surface area contributed by atoms with Gasteiger partial charge in [0.05, 0.1) is 17.9 Å². The van der Waals surface area contributed by atoms with Crippen LogP contribution in [-0.4, -0.2) is 35.7 Å². The molecule has 1 aliphatic carbocycles. The standard InChI is InChI=1S/C24H29N5O3/c1-15-10-19(28-23-25-9-8-16(2)27-23)12-20(11-15)29-13-21(26-14-29)24(3,32)18-6-4-17(5-7-18)22(30)31/h8-14,17-18,32H,4-7H2,1-3H3,(H,30,31)(H,25,27,28)/t17-,18-,24?. The average Bonchev–Trinajstić information content (AvgIpc) is 3.25. The molecule has 2 aromatic heterocycles. The lowest BCUT2D eigenvalue weighted by Crippen LogP contribution is -2.36. The van der Waals surface area contributed by atoms with Crippen LogP contribution in [0.4, 0.5) is 11.6 Å². The van der Waals surface area contributed by atoms with E-state index in [0.717, 1.165) is 22.6 Å². The van der Waals surface area contributed by atoms with Crippen LogP contribution in [0.2, 0.25) is 0 Å². The van der Waals surface area contributed by atoms with Crippen LogP contribution in [0.25, 0.3) is 5.69 Å². The molecule has 8 heteroatoms. The number of carboxylic acid groups (broad SMARTS) is 1. The maximum absolute atomic E-state index is 11.3. The quantitative estimate of drug-likeness (QED) is 0.534. The molecule has 0 amide bonds. The summed E-state index contributed by atoms with van der Waals surface area (Å²) in [6.07, 6.45) is 7.79. The third-order valence-electron chi connectivity index (χ3n) is 6.38. The lowest BCUT2D eigenvalue weighted by Gasteiger charge is -2.36. The summed E-state index contributed by atoms with van der Waals surface area (Å²) in [6, 6.07) is 7.89. The summed E-state index contributed by atoms with van der Waals surface area (Å²) in [5.74, 6) is -0.537. The molecular formula is C24H29N5O3. The van der Waals surface area contributed by atoms with Gasteiger partial charge in [-0.2, -0.15) is 0 Å². The molecule has 0 aliphatic heterocycles. The second-order valence-electron chi connectivity index (χ2n) is 8.90. The van der Waals surface area contributed by atoms with E-state index in [1.807, 2.05) is 48.9 Å². The lowest BCUT2D eigenvalue weighted by molar-refractivity contribution is -0.144. The van der Waals surface area contributed by atoms with Crippen molar-refractivity contribution in [2.75, 3.05) is 5.32 Å². The number of aromatic nitrogens is 4. The monoisotopic (exact) mass is 435 g/mol. The van der Waals surface area contributed by atoms with Crippen LogP contribution in [-0.2, 0) is 10.4 Å². The summed E-state index contributed by atoms with van der Waals surface area (Å²) in [6.45, 7) is 5.71. The van der Waals surface area contributed by atoms with Crippen LogP contribution in [0, 0.1) is 25.7 Å². The van der Waals surface area contributed by atoms with Gasteiger partial charge in [0, 0.05) is 29.5 Å². The van der Waals surface area contributed by atoms with E-state index in [9.17, 15) is 15.0 Å². The van der Waals surface area contributed by atoms with E-state index >= 15 is 0 Å². The summed E-state index contributed by atoms with van der Waals surface area (Å²) < 4.78 is 1.89. The van der Waals surface area contributed by atoms with Gasteiger partial charge in [0.15, 0.2) is 0 Å². The minimum absolute atomic E-state index is 0.0188. The topological polar surface area (TPSA) is 113 Å². The largest absolute Gasteiger partial charge is 0.481 e. The van der Waals surface area contributed by atoms with E-state index in [1.54, 1.807) is 19.4 Å². The summed E-state index contributed by atoms with van der Waals surface area (Å²) in [7, 11) is 0. The van der Waals surface area contributed by atoms with Crippen LogP contribution < -0.4 is 5.32 Å². The van der Waals surface area contributed by atoms with Crippen molar-refractivity contribution in [2.45, 2.75) is 52.1 Å². The van der Waals surface area contributed by atoms with E-state index in [-0.39, 0.29) is 11.8 Å². The predicted molar refractivity (Wildman–Crippen MR) is 121 cm³/mol. The number of carboxylic acids is 1. The first-order chi connectivity index (χ1) is 15.2. The van der Waals surface area contributed by atoms with Gasteiger partial charge < -0.3 is 20.1 Å². The number of carbonyl (C=O) groups is 1. The molecular weight excluding hydrogens is 406 g/mol. The molecule has 0 saturated heterocycles. The molecule has 32 heavy (non-hydrogen) atoms. The number of benzene rings is 1.